The molecule has 1 atom stereocenters. The van der Waals surface area contributed by atoms with Crippen LogP contribution in [0.3, 0.4) is 0 Å². The smallest absolute Gasteiger partial charge is 0.238 e. The number of nitrogens with zero attached hydrogens (tertiary/aromatic N) is 1. The number of hydrogen-bond donors (Lipinski definition) is 2. The summed E-state index contributed by atoms with van der Waals surface area (Å²) in [6.45, 7) is 0.594. The molecule has 25 heavy (non-hydrogen) atoms. The minimum Gasteiger partial charge on any atom is -0.467 e. The maximum atomic E-state index is 12.4. The molecule has 0 unspecified atom stereocenters. The summed E-state index contributed by atoms with van der Waals surface area (Å²) in [6, 6.07) is 9.17. The lowest BCUT2D eigenvalue weighted by Gasteiger charge is -2.15. The summed E-state index contributed by atoms with van der Waals surface area (Å²) in [7, 11) is -3.85. The average molecular weight is 363 g/mol. The van der Waals surface area contributed by atoms with Crippen LogP contribution in [0.2, 0.25) is 0 Å². The Balaban J connectivity index is 1.65. The van der Waals surface area contributed by atoms with Crippen molar-refractivity contribution in [3.8, 4) is 0 Å². The van der Waals surface area contributed by atoms with Crippen LogP contribution in [0.25, 0.3) is 0 Å². The second-order valence-electron chi connectivity index (χ2n) is 5.82. The Labute approximate surface area is 144 Å². The predicted octanol–water partition coefficient (Wildman–Crippen LogP) is 0.914. The highest BCUT2D eigenvalue weighted by Crippen LogP contribution is 2.22. The van der Waals surface area contributed by atoms with Gasteiger partial charge in [-0.15, -0.1) is 0 Å². The van der Waals surface area contributed by atoms with Crippen LogP contribution in [-0.2, 0) is 26.2 Å². The number of benzene rings is 1. The summed E-state index contributed by atoms with van der Waals surface area (Å²) >= 11 is 0. The molecule has 1 aliphatic heterocycles. The van der Waals surface area contributed by atoms with Crippen molar-refractivity contribution in [1.29, 1.82) is 0 Å². The topological polar surface area (TPSA) is 123 Å². The molecular formula is C16H17N3O5S. The van der Waals surface area contributed by atoms with E-state index in [-0.39, 0.29) is 29.7 Å². The van der Waals surface area contributed by atoms with Gasteiger partial charge in [-0.2, -0.15) is 0 Å². The van der Waals surface area contributed by atoms with E-state index >= 15 is 0 Å². The molecule has 8 nitrogen and oxygen atoms in total. The van der Waals surface area contributed by atoms with E-state index in [0.717, 1.165) is 0 Å². The first-order valence-corrected chi connectivity index (χ1v) is 9.11. The van der Waals surface area contributed by atoms with Gasteiger partial charge in [0.25, 0.3) is 0 Å². The lowest BCUT2D eigenvalue weighted by atomic mass is 10.1. The predicted molar refractivity (Wildman–Crippen MR) is 88.7 cm³/mol. The minimum absolute atomic E-state index is 0.0905. The average Bonchev–Trinajstić information content (AvgIpc) is 3.18. The molecule has 0 saturated carbocycles. The third kappa shape index (κ3) is 4.06. The number of carbonyl (C=O) groups is 2. The Morgan fingerprint density at radius 2 is 2.12 bits per heavy atom. The van der Waals surface area contributed by atoms with Gasteiger partial charge in [0.2, 0.25) is 21.8 Å². The van der Waals surface area contributed by atoms with Gasteiger partial charge in [-0.3, -0.25) is 9.59 Å². The number of anilines is 1. The van der Waals surface area contributed by atoms with E-state index in [0.29, 0.717) is 18.0 Å². The third-order valence-electron chi connectivity index (χ3n) is 3.94. The zero-order valence-corrected chi connectivity index (χ0v) is 14.0. The van der Waals surface area contributed by atoms with Gasteiger partial charge in [0.1, 0.15) is 5.76 Å². The summed E-state index contributed by atoms with van der Waals surface area (Å²) in [6.07, 6.45) is 1.62. The van der Waals surface area contributed by atoms with Gasteiger partial charge in [0.15, 0.2) is 0 Å². The van der Waals surface area contributed by atoms with Crippen LogP contribution in [0.4, 0.5) is 5.69 Å². The first-order valence-electron chi connectivity index (χ1n) is 7.57. The van der Waals surface area contributed by atoms with E-state index in [2.05, 4.69) is 5.32 Å². The quantitative estimate of drug-likeness (QED) is 0.817. The molecule has 0 radical (unpaired) electrons. The van der Waals surface area contributed by atoms with Crippen molar-refractivity contribution in [2.45, 2.75) is 17.9 Å². The lowest BCUT2D eigenvalue weighted by Crippen LogP contribution is -2.28. The number of primary sulfonamides is 1. The van der Waals surface area contributed by atoms with Crippen molar-refractivity contribution in [3.05, 3.63) is 48.4 Å². The first-order chi connectivity index (χ1) is 11.8. The number of hydrogen-bond acceptors (Lipinski definition) is 5. The number of rotatable bonds is 5. The lowest BCUT2D eigenvalue weighted by molar-refractivity contribution is -0.128. The molecule has 132 valence electrons. The van der Waals surface area contributed by atoms with Crippen molar-refractivity contribution >= 4 is 27.5 Å². The van der Waals surface area contributed by atoms with Crippen molar-refractivity contribution < 1.29 is 22.4 Å². The molecule has 3 rings (SSSR count). The Bertz CT molecular complexity index is 892. The maximum absolute atomic E-state index is 12.4. The highest BCUT2D eigenvalue weighted by molar-refractivity contribution is 7.89. The van der Waals surface area contributed by atoms with Gasteiger partial charge in [0.05, 0.1) is 23.6 Å². The van der Waals surface area contributed by atoms with Crippen LogP contribution in [0.1, 0.15) is 12.2 Å². The van der Waals surface area contributed by atoms with Crippen molar-refractivity contribution in [2.24, 2.45) is 11.1 Å². The third-order valence-corrected chi connectivity index (χ3v) is 4.85. The van der Waals surface area contributed by atoms with Crippen molar-refractivity contribution in [2.75, 3.05) is 11.9 Å². The highest BCUT2D eigenvalue weighted by Gasteiger charge is 2.34. The fourth-order valence-electron chi connectivity index (χ4n) is 2.69. The number of amides is 2. The minimum atomic E-state index is -3.85. The van der Waals surface area contributed by atoms with Crippen LogP contribution >= 0.6 is 0 Å². The summed E-state index contributed by atoms with van der Waals surface area (Å²) in [5, 5.41) is 7.71. The zero-order valence-electron chi connectivity index (χ0n) is 13.2. The van der Waals surface area contributed by atoms with Crippen LogP contribution in [0.5, 0.6) is 0 Å². The molecule has 0 aliphatic carbocycles. The Hall–Kier alpha value is -2.65. The van der Waals surface area contributed by atoms with Gasteiger partial charge >= 0.3 is 0 Å². The largest absolute Gasteiger partial charge is 0.467 e. The normalized spacial score (nSPS) is 17.7. The number of nitrogens with two attached hydrogens (primary N) is 1. The van der Waals surface area contributed by atoms with Gasteiger partial charge in [0, 0.05) is 18.7 Å². The molecule has 2 heterocycles. The monoisotopic (exact) mass is 363 g/mol. The highest BCUT2D eigenvalue weighted by atomic mass is 32.2. The zero-order chi connectivity index (χ0) is 18.0. The van der Waals surface area contributed by atoms with Crippen LogP contribution < -0.4 is 10.5 Å². The molecule has 9 heteroatoms. The number of carbonyl (C=O) groups excluding carboxylic acids is 2. The molecule has 2 amide bonds. The van der Waals surface area contributed by atoms with Crippen LogP contribution in [-0.4, -0.2) is 31.7 Å². The molecule has 1 aliphatic rings. The van der Waals surface area contributed by atoms with Gasteiger partial charge in [-0.25, -0.2) is 13.6 Å². The molecule has 2 aromatic rings. The number of likely N-dealkylation sites (tertiary alicyclic amines) is 1. The number of nitrogens with one attached hydrogen (secondary N) is 1. The molecular weight excluding hydrogens is 346 g/mol. The molecule has 1 saturated heterocycles. The number of sulfonamides is 1. The van der Waals surface area contributed by atoms with Crippen molar-refractivity contribution in [1.82, 2.24) is 4.90 Å². The fraction of sp³-hybridized carbons (Fsp3) is 0.250. The summed E-state index contributed by atoms with van der Waals surface area (Å²) in [4.78, 5) is 25.9. The van der Waals surface area contributed by atoms with Crippen LogP contribution in [0.15, 0.2) is 52.0 Å². The summed E-state index contributed by atoms with van der Waals surface area (Å²) < 4.78 is 28.0. The van der Waals surface area contributed by atoms with Gasteiger partial charge < -0.3 is 14.6 Å². The Morgan fingerprint density at radius 1 is 1.32 bits per heavy atom. The molecule has 1 fully saturated rings. The SMILES string of the molecule is NS(=O)(=O)c1cccc(NC(=O)[C@H]2CC(=O)N(Cc3ccco3)C2)c1. The standard InChI is InChI=1S/C16H17N3O5S/c17-25(22,23)14-5-1-3-12(8-14)18-16(21)11-7-15(20)19(9-11)10-13-4-2-6-24-13/h1-6,8,11H,7,9-10H2,(H,18,21)(H2,17,22,23)/t11-/m0/s1. The molecule has 3 N–H and O–H groups in total. The van der Waals surface area contributed by atoms with Crippen molar-refractivity contribution in [3.63, 3.8) is 0 Å². The van der Waals surface area contributed by atoms with E-state index in [1.807, 2.05) is 0 Å². The van der Waals surface area contributed by atoms with E-state index in [9.17, 15) is 18.0 Å². The maximum Gasteiger partial charge on any atom is 0.238 e. The van der Waals surface area contributed by atoms with E-state index in [4.69, 9.17) is 9.56 Å². The summed E-state index contributed by atoms with van der Waals surface area (Å²) in [5.74, 6) is -0.340. The fourth-order valence-corrected chi connectivity index (χ4v) is 3.25. The molecule has 1 aromatic heterocycles. The molecule has 0 bridgehead atoms. The van der Waals surface area contributed by atoms with E-state index in [1.165, 1.54) is 24.5 Å². The van der Waals surface area contributed by atoms with Gasteiger partial charge in [-0.1, -0.05) is 6.07 Å². The molecule has 0 spiro atoms. The van der Waals surface area contributed by atoms with Crippen LogP contribution in [0, 0.1) is 5.92 Å². The second-order valence-corrected chi connectivity index (χ2v) is 7.38. The summed E-state index contributed by atoms with van der Waals surface area (Å²) in [5.41, 5.74) is 0.313. The Morgan fingerprint density at radius 3 is 2.80 bits per heavy atom. The molecule has 1 aromatic carbocycles. The van der Waals surface area contributed by atoms with E-state index < -0.39 is 15.9 Å². The van der Waals surface area contributed by atoms with Gasteiger partial charge in [-0.05, 0) is 30.3 Å². The second kappa shape index (κ2) is 6.69. The number of furan rings is 1. The van der Waals surface area contributed by atoms with E-state index in [1.54, 1.807) is 23.1 Å². The Kier molecular flexibility index (Phi) is 4.60. The first kappa shape index (κ1) is 17.2.